The Balaban J connectivity index is 2.07. The van der Waals surface area contributed by atoms with Gasteiger partial charge in [0.1, 0.15) is 11.3 Å². The number of nitrogens with zero attached hydrogens (tertiary/aromatic N) is 1. The van der Waals surface area contributed by atoms with Gasteiger partial charge in [-0.2, -0.15) is 0 Å². The van der Waals surface area contributed by atoms with Crippen LogP contribution in [0.25, 0.3) is 22.4 Å². The lowest BCUT2D eigenvalue weighted by Crippen LogP contribution is -2.04. The smallest absolute Gasteiger partial charge is 0.338 e. The first kappa shape index (κ1) is 15.5. The van der Waals surface area contributed by atoms with E-state index in [2.05, 4.69) is 48.5 Å². The number of hydrogen-bond donors (Lipinski definition) is 1. The van der Waals surface area contributed by atoms with Gasteiger partial charge in [0.05, 0.1) is 17.7 Å². The van der Waals surface area contributed by atoms with Gasteiger partial charge in [0, 0.05) is 13.6 Å². The van der Waals surface area contributed by atoms with Crippen LogP contribution < -0.4 is 0 Å². The van der Waals surface area contributed by atoms with Gasteiger partial charge < -0.3 is 9.72 Å². The molecule has 3 rings (SSSR count). The number of carbonyl (C=O) groups excluding carboxylic acids is 1. The first-order valence-electron chi connectivity index (χ1n) is 6.71. The lowest BCUT2D eigenvalue weighted by atomic mass is 10.2. The molecule has 22 heavy (non-hydrogen) atoms. The number of esters is 1. The lowest BCUT2D eigenvalue weighted by Gasteiger charge is -2.02. The van der Waals surface area contributed by atoms with Gasteiger partial charge in [-0.25, -0.2) is 9.78 Å². The second kappa shape index (κ2) is 6.37. The summed E-state index contributed by atoms with van der Waals surface area (Å²) < 4.78 is 6.98. The van der Waals surface area contributed by atoms with E-state index < -0.39 is 0 Å². The molecule has 2 aromatic carbocycles. The summed E-state index contributed by atoms with van der Waals surface area (Å²) in [4.78, 5) is 19.7. The predicted molar refractivity (Wildman–Crippen MR) is 97.9 cm³/mol. The van der Waals surface area contributed by atoms with Crippen LogP contribution in [0.4, 0.5) is 0 Å². The van der Waals surface area contributed by atoms with Crippen LogP contribution in [0.2, 0.25) is 0 Å². The molecule has 1 N–H and O–H groups in total. The van der Waals surface area contributed by atoms with Gasteiger partial charge in [-0.05, 0) is 69.7 Å². The fraction of sp³-hybridized carbons (Fsp3) is 0.125. The van der Waals surface area contributed by atoms with E-state index in [4.69, 9.17) is 4.74 Å². The molecule has 0 aliphatic heterocycles. The zero-order chi connectivity index (χ0) is 15.7. The quantitative estimate of drug-likeness (QED) is 0.443. The molecule has 0 radical (unpaired) electrons. The number of halogens is 2. The number of carbonyl (C=O) groups is 1. The highest BCUT2D eigenvalue weighted by atomic mass is 127. The van der Waals surface area contributed by atoms with Crippen LogP contribution in [-0.4, -0.2) is 22.5 Å². The third-order valence-electron chi connectivity index (χ3n) is 3.17. The van der Waals surface area contributed by atoms with Crippen molar-refractivity contribution < 1.29 is 9.53 Å². The van der Waals surface area contributed by atoms with E-state index in [1.165, 1.54) is 3.57 Å². The molecule has 6 heteroatoms. The molecule has 0 aliphatic rings. The molecule has 0 unspecified atom stereocenters. The van der Waals surface area contributed by atoms with E-state index in [0.717, 1.165) is 26.9 Å². The molecular weight excluding hydrogens is 459 g/mol. The molecule has 0 amide bonds. The molecule has 3 aromatic rings. The van der Waals surface area contributed by atoms with Crippen LogP contribution in [0, 0.1) is 3.57 Å². The molecule has 1 heterocycles. The average molecular weight is 471 g/mol. The van der Waals surface area contributed by atoms with Crippen molar-refractivity contribution in [1.29, 1.82) is 0 Å². The fourth-order valence-corrected chi connectivity index (χ4v) is 3.06. The monoisotopic (exact) mass is 470 g/mol. The maximum absolute atomic E-state index is 11.9. The van der Waals surface area contributed by atoms with E-state index >= 15 is 0 Å². The highest BCUT2D eigenvalue weighted by molar-refractivity contribution is 14.1. The largest absolute Gasteiger partial charge is 0.462 e. The third-order valence-corrected chi connectivity index (χ3v) is 4.49. The maximum Gasteiger partial charge on any atom is 0.338 e. The summed E-state index contributed by atoms with van der Waals surface area (Å²) in [6, 6.07) is 11.6. The minimum absolute atomic E-state index is 0.337. The number of benzene rings is 2. The first-order valence-corrected chi connectivity index (χ1v) is 8.58. The highest BCUT2D eigenvalue weighted by Gasteiger charge is 2.14. The molecule has 0 aliphatic carbocycles. The Morgan fingerprint density at radius 1 is 1.32 bits per heavy atom. The van der Waals surface area contributed by atoms with Gasteiger partial charge in [-0.1, -0.05) is 12.1 Å². The predicted octanol–water partition coefficient (Wildman–Crippen LogP) is 4.77. The number of fused-ring (bicyclic) bond motifs is 1. The van der Waals surface area contributed by atoms with Crippen molar-refractivity contribution in [3.05, 3.63) is 50.0 Å². The third kappa shape index (κ3) is 3.03. The van der Waals surface area contributed by atoms with Crippen molar-refractivity contribution in [2.45, 2.75) is 6.92 Å². The summed E-state index contributed by atoms with van der Waals surface area (Å²) in [5.74, 6) is 0.434. The first-order chi connectivity index (χ1) is 10.6. The molecule has 0 saturated heterocycles. The number of imidazole rings is 1. The van der Waals surface area contributed by atoms with E-state index in [-0.39, 0.29) is 5.97 Å². The van der Waals surface area contributed by atoms with Crippen LogP contribution in [0.15, 0.2) is 40.9 Å². The SMILES string of the molecule is CCOC(=O)c1cc(Br)c2nc(-c3ccc(I)cc3)[nH]c2c1. The lowest BCUT2D eigenvalue weighted by molar-refractivity contribution is 0.0526. The van der Waals surface area contributed by atoms with Gasteiger partial charge in [-0.3, -0.25) is 0 Å². The number of aromatic nitrogens is 2. The van der Waals surface area contributed by atoms with Gasteiger partial charge in [0.2, 0.25) is 0 Å². The maximum atomic E-state index is 11.9. The van der Waals surface area contributed by atoms with Crippen LogP contribution in [0.5, 0.6) is 0 Å². The fourth-order valence-electron chi connectivity index (χ4n) is 2.15. The van der Waals surface area contributed by atoms with Crippen molar-refractivity contribution >= 4 is 55.5 Å². The second-order valence-electron chi connectivity index (χ2n) is 4.67. The number of aromatic amines is 1. The molecular formula is C16H12BrIN2O2. The Hall–Kier alpha value is -1.41. The number of ether oxygens (including phenoxy) is 1. The minimum atomic E-state index is -0.337. The highest BCUT2D eigenvalue weighted by Crippen LogP contribution is 2.28. The van der Waals surface area contributed by atoms with Crippen molar-refractivity contribution in [1.82, 2.24) is 9.97 Å². The van der Waals surface area contributed by atoms with Crippen molar-refractivity contribution in [3.8, 4) is 11.4 Å². The summed E-state index contributed by atoms with van der Waals surface area (Å²) in [5, 5.41) is 0. The minimum Gasteiger partial charge on any atom is -0.462 e. The van der Waals surface area contributed by atoms with Gasteiger partial charge in [-0.15, -0.1) is 0 Å². The summed E-state index contributed by atoms with van der Waals surface area (Å²) in [5.41, 5.74) is 3.09. The topological polar surface area (TPSA) is 55.0 Å². The van der Waals surface area contributed by atoms with Gasteiger partial charge >= 0.3 is 5.97 Å². The average Bonchev–Trinajstić information content (AvgIpc) is 2.93. The number of hydrogen-bond acceptors (Lipinski definition) is 3. The summed E-state index contributed by atoms with van der Waals surface area (Å²) in [6.45, 7) is 2.14. The Morgan fingerprint density at radius 2 is 2.05 bits per heavy atom. The van der Waals surface area contributed by atoms with Crippen LogP contribution >= 0.6 is 38.5 Å². The Labute approximate surface area is 149 Å². The van der Waals surface area contributed by atoms with E-state index in [1.807, 2.05) is 24.3 Å². The number of nitrogens with one attached hydrogen (secondary N) is 1. The van der Waals surface area contributed by atoms with Crippen LogP contribution in [0.1, 0.15) is 17.3 Å². The van der Waals surface area contributed by atoms with Gasteiger partial charge in [0.25, 0.3) is 0 Å². The summed E-state index contributed by atoms with van der Waals surface area (Å²) >= 11 is 5.74. The Kier molecular flexibility index (Phi) is 4.49. The Bertz CT molecular complexity index is 843. The molecule has 112 valence electrons. The molecule has 1 aromatic heterocycles. The molecule has 0 saturated carbocycles. The summed E-state index contributed by atoms with van der Waals surface area (Å²) in [7, 11) is 0. The molecule has 0 fully saturated rings. The van der Waals surface area contributed by atoms with Crippen molar-refractivity contribution in [2.75, 3.05) is 6.61 Å². The van der Waals surface area contributed by atoms with E-state index in [0.29, 0.717) is 12.2 Å². The standard InChI is InChI=1S/C16H12BrIN2O2/c1-2-22-16(21)10-7-12(17)14-13(8-10)19-15(20-14)9-3-5-11(18)6-4-9/h3-8H,2H2,1H3,(H,19,20). The van der Waals surface area contributed by atoms with Crippen molar-refractivity contribution in [3.63, 3.8) is 0 Å². The number of rotatable bonds is 3. The number of H-pyrrole nitrogens is 1. The van der Waals surface area contributed by atoms with Crippen molar-refractivity contribution in [2.24, 2.45) is 0 Å². The zero-order valence-electron chi connectivity index (χ0n) is 11.7. The van der Waals surface area contributed by atoms with Crippen LogP contribution in [0.3, 0.4) is 0 Å². The Morgan fingerprint density at radius 3 is 2.73 bits per heavy atom. The molecule has 4 nitrogen and oxygen atoms in total. The normalized spacial score (nSPS) is 10.9. The van der Waals surface area contributed by atoms with E-state index in [1.54, 1.807) is 19.1 Å². The molecule has 0 bridgehead atoms. The molecule has 0 atom stereocenters. The summed E-state index contributed by atoms with van der Waals surface area (Å²) in [6.07, 6.45) is 0. The van der Waals surface area contributed by atoms with Crippen LogP contribution in [-0.2, 0) is 4.74 Å². The van der Waals surface area contributed by atoms with Gasteiger partial charge in [0.15, 0.2) is 0 Å². The molecule has 0 spiro atoms. The second-order valence-corrected chi connectivity index (χ2v) is 6.77. The van der Waals surface area contributed by atoms with E-state index in [9.17, 15) is 4.79 Å². The zero-order valence-corrected chi connectivity index (χ0v) is 15.4.